The molecule has 17 heavy (non-hydrogen) atoms. The Hall–Kier alpha value is -2.12. The van der Waals surface area contributed by atoms with Gasteiger partial charge in [0.1, 0.15) is 11.8 Å². The van der Waals surface area contributed by atoms with Gasteiger partial charge in [-0.25, -0.2) is 0 Å². The molecule has 1 saturated carbocycles. The van der Waals surface area contributed by atoms with Crippen molar-refractivity contribution in [2.45, 2.75) is 18.6 Å². The molecule has 4 unspecified atom stereocenters. The van der Waals surface area contributed by atoms with Gasteiger partial charge < -0.3 is 19.7 Å². The van der Waals surface area contributed by atoms with Crippen LogP contribution in [0.1, 0.15) is 6.92 Å². The summed E-state index contributed by atoms with van der Waals surface area (Å²) in [6, 6.07) is 0. The van der Waals surface area contributed by atoms with E-state index in [1.807, 2.05) is 0 Å². The highest BCUT2D eigenvalue weighted by Crippen LogP contribution is 2.48. The second-order valence-corrected chi connectivity index (χ2v) is 3.73. The number of aliphatic carboxylic acids is 2. The Morgan fingerprint density at radius 2 is 1.76 bits per heavy atom. The van der Waals surface area contributed by atoms with E-state index in [0.29, 0.717) is 0 Å². The average molecular weight is 246 g/mol. The predicted molar refractivity (Wildman–Crippen MR) is 48.7 cm³/mol. The molecular weight excluding hydrogens is 236 g/mol. The third-order valence-electron chi connectivity index (χ3n) is 2.92. The summed E-state index contributed by atoms with van der Waals surface area (Å²) in [5.74, 6) is -5.78. The van der Waals surface area contributed by atoms with E-state index in [4.69, 9.17) is 10.2 Å². The largest absolute Gasteiger partial charge is 0.481 e. The van der Waals surface area contributed by atoms with E-state index < -0.39 is 35.5 Å². The first-order chi connectivity index (χ1) is 7.90. The summed E-state index contributed by atoms with van der Waals surface area (Å²) in [6.45, 7) is 1.19. The molecule has 0 aromatic rings. The zero-order chi connectivity index (χ0) is 13.2. The third-order valence-corrected chi connectivity index (χ3v) is 2.92. The van der Waals surface area contributed by atoms with Crippen molar-refractivity contribution < 1.29 is 38.9 Å². The summed E-state index contributed by atoms with van der Waals surface area (Å²) in [5.41, 5.74) is -1.67. The van der Waals surface area contributed by atoms with E-state index in [1.54, 1.807) is 0 Å². The van der Waals surface area contributed by atoms with Crippen LogP contribution in [-0.2, 0) is 28.7 Å². The van der Waals surface area contributed by atoms with Crippen LogP contribution < -0.4 is 0 Å². The second kappa shape index (κ2) is 4.40. The van der Waals surface area contributed by atoms with Gasteiger partial charge >= 0.3 is 11.9 Å². The molecule has 0 radical (unpaired) electrons. The van der Waals surface area contributed by atoms with Gasteiger partial charge in [0.25, 0.3) is 12.9 Å². The lowest BCUT2D eigenvalue weighted by atomic mass is 9.59. The highest BCUT2D eigenvalue weighted by atomic mass is 16.6. The lowest BCUT2D eigenvalue weighted by molar-refractivity contribution is -0.246. The normalized spacial score (nSPS) is 35.2. The molecule has 1 rings (SSSR count). The van der Waals surface area contributed by atoms with Gasteiger partial charge in [0, 0.05) is 0 Å². The molecule has 4 atom stereocenters. The fourth-order valence-corrected chi connectivity index (χ4v) is 2.14. The molecule has 0 aromatic heterocycles. The maximum atomic E-state index is 10.9. The zero-order valence-electron chi connectivity index (χ0n) is 8.73. The lowest BCUT2D eigenvalue weighted by Gasteiger charge is -2.52. The minimum Gasteiger partial charge on any atom is -0.481 e. The molecule has 0 aromatic carbocycles. The van der Waals surface area contributed by atoms with Crippen LogP contribution in [0.2, 0.25) is 0 Å². The van der Waals surface area contributed by atoms with Gasteiger partial charge in [-0.3, -0.25) is 19.2 Å². The summed E-state index contributed by atoms with van der Waals surface area (Å²) in [7, 11) is 0. The Labute approximate surface area is 95.1 Å². The Balaban J connectivity index is 3.07. The monoisotopic (exact) mass is 246 g/mol. The van der Waals surface area contributed by atoms with Gasteiger partial charge in [-0.15, -0.1) is 0 Å². The van der Waals surface area contributed by atoms with E-state index in [2.05, 4.69) is 9.47 Å². The van der Waals surface area contributed by atoms with Crippen LogP contribution in [0.5, 0.6) is 0 Å². The molecule has 1 aliphatic carbocycles. The Bertz CT molecular complexity index is 364. The first-order valence-electron chi connectivity index (χ1n) is 4.56. The highest BCUT2D eigenvalue weighted by Gasteiger charge is 2.69. The van der Waals surface area contributed by atoms with Gasteiger partial charge in [0.2, 0.25) is 0 Å². The van der Waals surface area contributed by atoms with E-state index in [9.17, 15) is 19.2 Å². The second-order valence-electron chi connectivity index (χ2n) is 3.73. The van der Waals surface area contributed by atoms with Gasteiger partial charge in [-0.05, 0) is 6.92 Å². The van der Waals surface area contributed by atoms with E-state index >= 15 is 0 Å². The molecule has 94 valence electrons. The van der Waals surface area contributed by atoms with E-state index in [-0.39, 0.29) is 12.9 Å². The molecule has 8 heteroatoms. The Kier molecular flexibility index (Phi) is 3.35. The number of carbonyl (C=O) groups is 4. The van der Waals surface area contributed by atoms with Gasteiger partial charge in [0.05, 0.1) is 0 Å². The number of hydrogen-bond donors (Lipinski definition) is 2. The van der Waals surface area contributed by atoms with Crippen LogP contribution >= 0.6 is 0 Å². The van der Waals surface area contributed by atoms with Crippen molar-refractivity contribution in [1.82, 2.24) is 0 Å². The number of rotatable bonds is 6. The van der Waals surface area contributed by atoms with Crippen molar-refractivity contribution in [2.75, 3.05) is 0 Å². The zero-order valence-corrected chi connectivity index (χ0v) is 8.73. The Morgan fingerprint density at radius 1 is 1.18 bits per heavy atom. The maximum Gasteiger partial charge on any atom is 0.311 e. The number of carboxylic acids is 2. The topological polar surface area (TPSA) is 127 Å². The van der Waals surface area contributed by atoms with Crippen LogP contribution in [0, 0.1) is 11.8 Å². The van der Waals surface area contributed by atoms with Crippen LogP contribution in [0.15, 0.2) is 0 Å². The summed E-state index contributed by atoms with van der Waals surface area (Å²) >= 11 is 0. The fourth-order valence-electron chi connectivity index (χ4n) is 2.14. The minimum atomic E-state index is -1.67. The van der Waals surface area contributed by atoms with Crippen LogP contribution in [0.3, 0.4) is 0 Å². The maximum absolute atomic E-state index is 10.9. The first kappa shape index (κ1) is 12.9. The van der Waals surface area contributed by atoms with Gasteiger partial charge in [0.15, 0.2) is 11.7 Å². The average Bonchev–Trinajstić information content (AvgIpc) is 2.21. The number of carbonyl (C=O) groups excluding carboxylic acids is 2. The fraction of sp³-hybridized carbons (Fsp3) is 0.556. The van der Waals surface area contributed by atoms with Crippen molar-refractivity contribution in [3.63, 3.8) is 0 Å². The number of hydrogen-bond acceptors (Lipinski definition) is 6. The molecule has 0 bridgehead atoms. The molecule has 0 aliphatic heterocycles. The number of carboxylic acid groups (broad SMARTS) is 2. The predicted octanol–water partition coefficient (Wildman–Crippen LogP) is -1.13. The van der Waals surface area contributed by atoms with Gasteiger partial charge in [-0.2, -0.15) is 0 Å². The summed E-state index contributed by atoms with van der Waals surface area (Å²) < 4.78 is 9.07. The molecule has 2 N–H and O–H groups in total. The molecule has 0 heterocycles. The van der Waals surface area contributed by atoms with Crippen LogP contribution in [-0.4, -0.2) is 46.8 Å². The lowest BCUT2D eigenvalue weighted by Crippen LogP contribution is -2.71. The van der Waals surface area contributed by atoms with Crippen molar-refractivity contribution in [3.8, 4) is 0 Å². The number of ether oxygens (including phenoxy) is 2. The molecule has 0 saturated heterocycles. The van der Waals surface area contributed by atoms with E-state index in [0.717, 1.165) is 0 Å². The highest BCUT2D eigenvalue weighted by molar-refractivity contribution is 5.85. The SMILES string of the molecule is CC1(OC=O)C(OC=O)C(C(=O)O)C1C(=O)O. The summed E-state index contributed by atoms with van der Waals surface area (Å²) in [5, 5.41) is 17.7. The third kappa shape index (κ3) is 1.81. The van der Waals surface area contributed by atoms with E-state index in [1.165, 1.54) is 6.92 Å². The minimum absolute atomic E-state index is 0.00479. The molecule has 0 spiro atoms. The molecular formula is C9H10O8. The standard InChI is InChI=1S/C9H10O8/c1-9(17-3-11)5(8(14)15)4(7(12)13)6(9)16-2-10/h2-6H,1H3,(H,12,13)(H,14,15). The first-order valence-corrected chi connectivity index (χ1v) is 4.56. The molecule has 0 amide bonds. The van der Waals surface area contributed by atoms with Crippen LogP contribution in [0.4, 0.5) is 0 Å². The smallest absolute Gasteiger partial charge is 0.311 e. The van der Waals surface area contributed by atoms with Crippen molar-refractivity contribution >= 4 is 24.9 Å². The molecule has 1 aliphatic rings. The quantitative estimate of drug-likeness (QED) is 0.564. The van der Waals surface area contributed by atoms with Crippen molar-refractivity contribution in [3.05, 3.63) is 0 Å². The van der Waals surface area contributed by atoms with Crippen molar-refractivity contribution in [1.29, 1.82) is 0 Å². The Morgan fingerprint density at radius 3 is 2.12 bits per heavy atom. The molecule has 1 fully saturated rings. The van der Waals surface area contributed by atoms with Crippen molar-refractivity contribution in [2.24, 2.45) is 11.8 Å². The summed E-state index contributed by atoms with van der Waals surface area (Å²) in [4.78, 5) is 42.3. The van der Waals surface area contributed by atoms with Gasteiger partial charge in [-0.1, -0.05) is 0 Å². The van der Waals surface area contributed by atoms with Crippen LogP contribution in [0.25, 0.3) is 0 Å². The molecule has 8 nitrogen and oxygen atoms in total. The summed E-state index contributed by atoms with van der Waals surface area (Å²) in [6.07, 6.45) is -1.32.